The van der Waals surface area contributed by atoms with Crippen molar-refractivity contribution in [3.05, 3.63) is 29.8 Å². The summed E-state index contributed by atoms with van der Waals surface area (Å²) in [6.45, 7) is 5.89. The maximum absolute atomic E-state index is 13.0. The van der Waals surface area contributed by atoms with Crippen molar-refractivity contribution in [3.63, 3.8) is 0 Å². The minimum atomic E-state index is -3.36. The van der Waals surface area contributed by atoms with Crippen LogP contribution in [0.4, 0.5) is 5.82 Å². The van der Waals surface area contributed by atoms with E-state index in [1.807, 2.05) is 18.2 Å². The van der Waals surface area contributed by atoms with E-state index in [-0.39, 0.29) is 0 Å². The van der Waals surface area contributed by atoms with Gasteiger partial charge in [-0.3, -0.25) is 0 Å². The maximum Gasteiger partial charge on any atom is 0.282 e. The largest absolute Gasteiger partial charge is 0.497 e. The zero-order valence-corrected chi connectivity index (χ0v) is 18.1. The van der Waals surface area contributed by atoms with Gasteiger partial charge in [-0.15, -0.1) is 0 Å². The first-order chi connectivity index (χ1) is 14.0. The average Bonchev–Trinajstić information content (AvgIpc) is 3.01. The van der Waals surface area contributed by atoms with Crippen molar-refractivity contribution >= 4 is 26.9 Å². The first-order valence-electron chi connectivity index (χ1n) is 10.4. The van der Waals surface area contributed by atoms with Crippen LogP contribution in [0.1, 0.15) is 31.2 Å². The van der Waals surface area contributed by atoms with E-state index >= 15 is 0 Å². The number of nitrogens with zero attached hydrogens (tertiary/aromatic N) is 4. The summed E-state index contributed by atoms with van der Waals surface area (Å²) in [6, 6.07) is 8.04. The summed E-state index contributed by atoms with van der Waals surface area (Å²) >= 11 is 0. The fourth-order valence-electron chi connectivity index (χ4n) is 4.27. The van der Waals surface area contributed by atoms with Crippen LogP contribution in [0.15, 0.2) is 24.3 Å². The van der Waals surface area contributed by atoms with E-state index in [1.165, 1.54) is 0 Å². The van der Waals surface area contributed by atoms with Crippen LogP contribution in [0.5, 0.6) is 5.75 Å². The molecule has 158 valence electrons. The Bertz CT molecular complexity index is 973. The molecule has 0 N–H and O–H groups in total. The first kappa shape index (κ1) is 20.4. The number of aromatic nitrogens is 1. The normalized spacial score (nSPS) is 20.0. The van der Waals surface area contributed by atoms with Gasteiger partial charge in [-0.05, 0) is 49.9 Å². The van der Waals surface area contributed by atoms with Crippen molar-refractivity contribution in [3.8, 4) is 5.75 Å². The molecule has 0 radical (unpaired) electrons. The molecule has 0 atom stereocenters. The molecular weight excluding hydrogens is 388 g/mol. The Hall–Kier alpha value is -1.90. The smallest absolute Gasteiger partial charge is 0.282 e. The summed E-state index contributed by atoms with van der Waals surface area (Å²) in [5, 5.41) is 1.11. The highest BCUT2D eigenvalue weighted by atomic mass is 32.2. The van der Waals surface area contributed by atoms with Gasteiger partial charge >= 0.3 is 0 Å². The molecule has 2 aliphatic rings. The predicted octanol–water partition coefficient (Wildman–Crippen LogP) is 2.79. The highest BCUT2D eigenvalue weighted by Crippen LogP contribution is 2.27. The topological polar surface area (TPSA) is 66.0 Å². The van der Waals surface area contributed by atoms with Gasteiger partial charge in [0.2, 0.25) is 0 Å². The van der Waals surface area contributed by atoms with E-state index in [2.05, 4.69) is 17.9 Å². The van der Waals surface area contributed by atoms with Gasteiger partial charge in [-0.2, -0.15) is 17.0 Å². The van der Waals surface area contributed by atoms with E-state index in [9.17, 15) is 8.42 Å². The Morgan fingerprint density at radius 2 is 1.62 bits per heavy atom. The van der Waals surface area contributed by atoms with Gasteiger partial charge in [0.15, 0.2) is 0 Å². The Morgan fingerprint density at radius 1 is 0.897 bits per heavy atom. The Balaban J connectivity index is 1.54. The number of aryl methyl sites for hydroxylation is 1. The second kappa shape index (κ2) is 8.45. The van der Waals surface area contributed by atoms with Crippen LogP contribution in [-0.2, 0) is 10.2 Å². The van der Waals surface area contributed by atoms with Gasteiger partial charge in [0, 0.05) is 50.7 Å². The molecule has 0 aliphatic carbocycles. The van der Waals surface area contributed by atoms with Gasteiger partial charge in [0.05, 0.1) is 12.6 Å². The maximum atomic E-state index is 13.0. The number of piperidine rings is 1. The summed E-state index contributed by atoms with van der Waals surface area (Å²) in [4.78, 5) is 7.06. The second-order valence-corrected chi connectivity index (χ2v) is 9.82. The Kier molecular flexibility index (Phi) is 5.94. The van der Waals surface area contributed by atoms with Crippen molar-refractivity contribution in [2.45, 2.75) is 32.6 Å². The Labute approximate surface area is 173 Å². The molecule has 2 saturated heterocycles. The zero-order valence-electron chi connectivity index (χ0n) is 17.3. The molecule has 1 aromatic heterocycles. The van der Waals surface area contributed by atoms with Crippen LogP contribution in [-0.4, -0.2) is 68.4 Å². The third-order valence-electron chi connectivity index (χ3n) is 5.96. The number of hydrogen-bond acceptors (Lipinski definition) is 5. The standard InChI is InChI=1S/C21H30N4O3S/c1-17-15-21(22-20-16-18(28-2)7-8-19(17)20)23-9-6-12-25(14-13-23)29(26,27)24-10-4-3-5-11-24/h7-8,15-16H,3-6,9-14H2,1-2H3. The van der Waals surface area contributed by atoms with Crippen LogP contribution in [0.2, 0.25) is 0 Å². The molecule has 8 heteroatoms. The van der Waals surface area contributed by atoms with Crippen LogP contribution in [0, 0.1) is 6.92 Å². The van der Waals surface area contributed by atoms with E-state index < -0.39 is 10.2 Å². The number of hydrogen-bond donors (Lipinski definition) is 0. The number of rotatable bonds is 4. The fraction of sp³-hybridized carbons (Fsp3) is 0.571. The predicted molar refractivity (Wildman–Crippen MR) is 116 cm³/mol. The van der Waals surface area contributed by atoms with Crippen molar-refractivity contribution < 1.29 is 13.2 Å². The van der Waals surface area contributed by atoms with E-state index in [0.717, 1.165) is 60.3 Å². The van der Waals surface area contributed by atoms with Gasteiger partial charge in [-0.1, -0.05) is 6.42 Å². The van der Waals surface area contributed by atoms with Crippen molar-refractivity contribution in [2.75, 3.05) is 51.3 Å². The molecule has 0 amide bonds. The zero-order chi connectivity index (χ0) is 20.4. The lowest BCUT2D eigenvalue weighted by Crippen LogP contribution is -2.47. The minimum Gasteiger partial charge on any atom is -0.497 e. The van der Waals surface area contributed by atoms with Gasteiger partial charge in [0.1, 0.15) is 11.6 Å². The lowest BCUT2D eigenvalue weighted by Gasteiger charge is -2.31. The third kappa shape index (κ3) is 4.20. The van der Waals surface area contributed by atoms with Crippen LogP contribution < -0.4 is 9.64 Å². The molecule has 0 unspecified atom stereocenters. The van der Waals surface area contributed by atoms with Crippen LogP contribution in [0.25, 0.3) is 10.9 Å². The highest BCUT2D eigenvalue weighted by Gasteiger charge is 2.32. The molecular formula is C21H30N4O3S. The summed E-state index contributed by atoms with van der Waals surface area (Å²) < 4.78 is 34.8. The molecule has 4 rings (SSSR count). The summed E-state index contributed by atoms with van der Waals surface area (Å²) in [5.41, 5.74) is 2.07. The van der Waals surface area contributed by atoms with Crippen molar-refractivity contribution in [1.29, 1.82) is 0 Å². The average molecular weight is 419 g/mol. The molecule has 7 nitrogen and oxygen atoms in total. The lowest BCUT2D eigenvalue weighted by molar-refractivity contribution is 0.307. The van der Waals surface area contributed by atoms with E-state index in [4.69, 9.17) is 9.72 Å². The number of ether oxygens (including phenoxy) is 1. The van der Waals surface area contributed by atoms with E-state index in [1.54, 1.807) is 15.7 Å². The van der Waals surface area contributed by atoms with Gasteiger partial charge < -0.3 is 9.64 Å². The number of benzene rings is 1. The van der Waals surface area contributed by atoms with Gasteiger partial charge in [-0.25, -0.2) is 4.98 Å². The van der Waals surface area contributed by atoms with Crippen molar-refractivity contribution in [1.82, 2.24) is 13.6 Å². The number of anilines is 1. The van der Waals surface area contributed by atoms with Crippen LogP contribution in [0.3, 0.4) is 0 Å². The van der Waals surface area contributed by atoms with Crippen LogP contribution >= 0.6 is 0 Å². The highest BCUT2D eigenvalue weighted by molar-refractivity contribution is 7.86. The van der Waals surface area contributed by atoms with Gasteiger partial charge in [0.25, 0.3) is 10.2 Å². The quantitative estimate of drug-likeness (QED) is 0.764. The first-order valence-corrected chi connectivity index (χ1v) is 11.8. The summed E-state index contributed by atoms with van der Waals surface area (Å²) in [6.07, 6.45) is 3.84. The molecule has 1 aromatic carbocycles. The molecule has 0 bridgehead atoms. The molecule has 2 fully saturated rings. The molecule has 29 heavy (non-hydrogen) atoms. The summed E-state index contributed by atoms with van der Waals surface area (Å²) in [7, 11) is -1.71. The molecule has 2 aromatic rings. The second-order valence-electron chi connectivity index (χ2n) is 7.89. The Morgan fingerprint density at radius 3 is 2.38 bits per heavy atom. The minimum absolute atomic E-state index is 0.496. The number of pyridine rings is 1. The third-order valence-corrected chi connectivity index (χ3v) is 7.99. The molecule has 0 spiro atoms. The monoisotopic (exact) mass is 418 g/mol. The molecule has 2 aliphatic heterocycles. The number of fused-ring (bicyclic) bond motifs is 1. The fourth-order valence-corrected chi connectivity index (χ4v) is 5.98. The SMILES string of the molecule is COc1ccc2c(C)cc(N3CCCN(S(=O)(=O)N4CCCCC4)CC3)nc2c1. The molecule has 0 saturated carbocycles. The number of methoxy groups -OCH3 is 1. The summed E-state index contributed by atoms with van der Waals surface area (Å²) in [5.74, 6) is 1.69. The lowest BCUT2D eigenvalue weighted by atomic mass is 10.1. The molecule has 3 heterocycles. The van der Waals surface area contributed by atoms with Crippen molar-refractivity contribution in [2.24, 2.45) is 0 Å². The van der Waals surface area contributed by atoms with E-state index in [0.29, 0.717) is 32.7 Å².